The zero-order chi connectivity index (χ0) is 9.84. The molecule has 0 aliphatic heterocycles. The van der Waals surface area contributed by atoms with Gasteiger partial charge in [-0.05, 0) is 42.5 Å². The van der Waals surface area contributed by atoms with Crippen molar-refractivity contribution >= 4 is 22.6 Å². The Morgan fingerprint density at radius 3 is 2.69 bits per heavy atom. The standard InChI is InChI=1S/C9H12INO2/c1-6(2)13-8-7(10)4-5-11-9(8)12-3/h4-6H,1-3H3. The number of rotatable bonds is 3. The second kappa shape index (κ2) is 4.64. The Labute approximate surface area is 91.6 Å². The normalized spacial score (nSPS) is 10.2. The van der Waals surface area contributed by atoms with Crippen molar-refractivity contribution in [3.8, 4) is 11.6 Å². The van der Waals surface area contributed by atoms with E-state index in [1.54, 1.807) is 13.3 Å². The summed E-state index contributed by atoms with van der Waals surface area (Å²) >= 11 is 2.20. The third-order valence-corrected chi connectivity index (χ3v) is 2.22. The van der Waals surface area contributed by atoms with E-state index in [0.717, 1.165) is 9.32 Å². The lowest BCUT2D eigenvalue weighted by Crippen LogP contribution is -2.08. The van der Waals surface area contributed by atoms with E-state index < -0.39 is 0 Å². The molecule has 0 aliphatic rings. The van der Waals surface area contributed by atoms with E-state index in [9.17, 15) is 0 Å². The SMILES string of the molecule is COc1nccc(I)c1OC(C)C. The monoisotopic (exact) mass is 293 g/mol. The molecule has 4 heteroatoms. The smallest absolute Gasteiger partial charge is 0.257 e. The molecule has 0 fully saturated rings. The van der Waals surface area contributed by atoms with Gasteiger partial charge in [0.05, 0.1) is 16.8 Å². The Bertz CT molecular complexity index is 289. The molecule has 0 saturated heterocycles. The Kier molecular flexibility index (Phi) is 3.77. The molecule has 0 radical (unpaired) electrons. The highest BCUT2D eigenvalue weighted by Crippen LogP contribution is 2.30. The fraction of sp³-hybridized carbons (Fsp3) is 0.444. The van der Waals surface area contributed by atoms with Crippen LogP contribution in [-0.2, 0) is 0 Å². The summed E-state index contributed by atoms with van der Waals surface area (Å²) in [6.45, 7) is 3.95. The molecule has 13 heavy (non-hydrogen) atoms. The van der Waals surface area contributed by atoms with Crippen LogP contribution >= 0.6 is 22.6 Å². The zero-order valence-electron chi connectivity index (χ0n) is 7.87. The topological polar surface area (TPSA) is 31.4 Å². The van der Waals surface area contributed by atoms with Gasteiger partial charge in [0.1, 0.15) is 0 Å². The largest absolute Gasteiger partial charge is 0.484 e. The molecule has 0 aromatic carbocycles. The highest BCUT2D eigenvalue weighted by Gasteiger charge is 2.10. The van der Waals surface area contributed by atoms with Gasteiger partial charge < -0.3 is 9.47 Å². The van der Waals surface area contributed by atoms with Gasteiger partial charge in [-0.25, -0.2) is 4.98 Å². The number of hydrogen-bond donors (Lipinski definition) is 0. The van der Waals surface area contributed by atoms with Crippen molar-refractivity contribution in [2.75, 3.05) is 7.11 Å². The van der Waals surface area contributed by atoms with Crippen LogP contribution < -0.4 is 9.47 Å². The first-order valence-corrected chi connectivity index (χ1v) is 5.08. The van der Waals surface area contributed by atoms with Gasteiger partial charge >= 0.3 is 0 Å². The molecule has 0 unspecified atom stereocenters. The van der Waals surface area contributed by atoms with Crippen LogP contribution in [0.15, 0.2) is 12.3 Å². The van der Waals surface area contributed by atoms with Gasteiger partial charge in [0.2, 0.25) is 0 Å². The molecule has 0 amide bonds. The van der Waals surface area contributed by atoms with Crippen molar-refractivity contribution in [1.82, 2.24) is 4.98 Å². The fourth-order valence-corrected chi connectivity index (χ4v) is 1.41. The molecule has 0 spiro atoms. The van der Waals surface area contributed by atoms with Gasteiger partial charge in [0, 0.05) is 6.20 Å². The third kappa shape index (κ3) is 2.72. The number of nitrogens with zero attached hydrogens (tertiary/aromatic N) is 1. The van der Waals surface area contributed by atoms with E-state index in [1.165, 1.54) is 0 Å². The molecule has 0 N–H and O–H groups in total. The van der Waals surface area contributed by atoms with E-state index in [1.807, 2.05) is 19.9 Å². The average molecular weight is 293 g/mol. The van der Waals surface area contributed by atoms with Crippen LogP contribution in [0.25, 0.3) is 0 Å². The molecule has 1 heterocycles. The van der Waals surface area contributed by atoms with E-state index >= 15 is 0 Å². The maximum atomic E-state index is 5.57. The van der Waals surface area contributed by atoms with Gasteiger partial charge in [-0.1, -0.05) is 0 Å². The van der Waals surface area contributed by atoms with Crippen LogP contribution in [-0.4, -0.2) is 18.2 Å². The van der Waals surface area contributed by atoms with E-state index in [-0.39, 0.29) is 6.10 Å². The van der Waals surface area contributed by atoms with Crippen LogP contribution in [0, 0.1) is 3.57 Å². The number of halogens is 1. The minimum Gasteiger partial charge on any atom is -0.484 e. The van der Waals surface area contributed by atoms with Crippen LogP contribution in [0.5, 0.6) is 11.6 Å². The summed E-state index contributed by atoms with van der Waals surface area (Å²) in [7, 11) is 1.59. The van der Waals surface area contributed by atoms with Crippen LogP contribution in [0.4, 0.5) is 0 Å². The summed E-state index contributed by atoms with van der Waals surface area (Å²) in [5.41, 5.74) is 0. The highest BCUT2D eigenvalue weighted by atomic mass is 127. The number of methoxy groups -OCH3 is 1. The maximum absolute atomic E-state index is 5.57. The van der Waals surface area contributed by atoms with Gasteiger partial charge in [0.25, 0.3) is 5.88 Å². The van der Waals surface area contributed by atoms with Gasteiger partial charge in [-0.15, -0.1) is 0 Å². The minimum atomic E-state index is 0.131. The lowest BCUT2D eigenvalue weighted by Gasteiger charge is -2.13. The number of pyridine rings is 1. The predicted molar refractivity (Wildman–Crippen MR) is 59.3 cm³/mol. The first-order chi connectivity index (χ1) is 6.15. The second-order valence-electron chi connectivity index (χ2n) is 2.80. The second-order valence-corrected chi connectivity index (χ2v) is 3.96. The molecule has 1 aromatic heterocycles. The predicted octanol–water partition coefficient (Wildman–Crippen LogP) is 2.48. The van der Waals surface area contributed by atoms with Crippen molar-refractivity contribution in [2.45, 2.75) is 20.0 Å². The number of aromatic nitrogens is 1. The van der Waals surface area contributed by atoms with E-state index in [4.69, 9.17) is 9.47 Å². The highest BCUT2D eigenvalue weighted by molar-refractivity contribution is 14.1. The van der Waals surface area contributed by atoms with Crippen molar-refractivity contribution in [3.63, 3.8) is 0 Å². The van der Waals surface area contributed by atoms with Crippen molar-refractivity contribution in [3.05, 3.63) is 15.8 Å². The summed E-state index contributed by atoms with van der Waals surface area (Å²) < 4.78 is 11.7. The lowest BCUT2D eigenvalue weighted by atomic mass is 10.4. The zero-order valence-corrected chi connectivity index (χ0v) is 10.0. The summed E-state index contributed by atoms with van der Waals surface area (Å²) in [5.74, 6) is 1.27. The maximum Gasteiger partial charge on any atom is 0.257 e. The molecule has 3 nitrogen and oxygen atoms in total. The Morgan fingerprint density at radius 2 is 2.15 bits per heavy atom. The van der Waals surface area contributed by atoms with Crippen LogP contribution in [0.3, 0.4) is 0 Å². The molecule has 1 aromatic rings. The molecule has 72 valence electrons. The quantitative estimate of drug-likeness (QED) is 0.802. The van der Waals surface area contributed by atoms with E-state index in [2.05, 4.69) is 27.6 Å². The van der Waals surface area contributed by atoms with Gasteiger partial charge in [-0.3, -0.25) is 0 Å². The average Bonchev–Trinajstić information content (AvgIpc) is 2.08. The molecule has 1 rings (SSSR count). The van der Waals surface area contributed by atoms with E-state index in [0.29, 0.717) is 5.88 Å². The molecule has 0 atom stereocenters. The summed E-state index contributed by atoms with van der Waals surface area (Å²) in [5, 5.41) is 0. The summed E-state index contributed by atoms with van der Waals surface area (Å²) in [6.07, 6.45) is 1.83. The molecular weight excluding hydrogens is 281 g/mol. The molecule has 0 bridgehead atoms. The molecular formula is C9H12INO2. The Morgan fingerprint density at radius 1 is 1.46 bits per heavy atom. The Balaban J connectivity index is 3.00. The molecule has 0 saturated carbocycles. The third-order valence-electron chi connectivity index (χ3n) is 1.37. The van der Waals surface area contributed by atoms with Crippen molar-refractivity contribution in [1.29, 1.82) is 0 Å². The summed E-state index contributed by atoms with van der Waals surface area (Å²) in [6, 6.07) is 1.89. The minimum absolute atomic E-state index is 0.131. The van der Waals surface area contributed by atoms with Crippen LogP contribution in [0.1, 0.15) is 13.8 Å². The first kappa shape index (κ1) is 10.6. The lowest BCUT2D eigenvalue weighted by molar-refractivity contribution is 0.225. The Hall–Kier alpha value is -0.520. The number of hydrogen-bond acceptors (Lipinski definition) is 3. The fourth-order valence-electron chi connectivity index (χ4n) is 0.895. The van der Waals surface area contributed by atoms with Crippen molar-refractivity contribution < 1.29 is 9.47 Å². The first-order valence-electron chi connectivity index (χ1n) is 4.00. The summed E-state index contributed by atoms with van der Waals surface area (Å²) in [4.78, 5) is 4.06. The number of ether oxygens (including phenoxy) is 2. The van der Waals surface area contributed by atoms with Crippen molar-refractivity contribution in [2.24, 2.45) is 0 Å². The van der Waals surface area contributed by atoms with Gasteiger partial charge in [0.15, 0.2) is 5.75 Å². The van der Waals surface area contributed by atoms with Gasteiger partial charge in [-0.2, -0.15) is 0 Å². The van der Waals surface area contributed by atoms with Crippen LogP contribution in [0.2, 0.25) is 0 Å². The molecule has 0 aliphatic carbocycles.